The number of fused-ring (bicyclic) bond motifs is 1. The second kappa shape index (κ2) is 8.35. The van der Waals surface area contributed by atoms with Crippen LogP contribution in [0.1, 0.15) is 48.1 Å². The second-order valence-electron chi connectivity index (χ2n) is 6.65. The van der Waals surface area contributed by atoms with Gasteiger partial charge in [0.1, 0.15) is 0 Å². The van der Waals surface area contributed by atoms with Gasteiger partial charge in [-0.05, 0) is 31.5 Å². The molecule has 1 N–H and O–H groups in total. The van der Waals surface area contributed by atoms with E-state index in [1.807, 2.05) is 35.9 Å². The maximum absolute atomic E-state index is 12.3. The number of anilines is 1. The molecule has 0 spiro atoms. The van der Waals surface area contributed by atoms with Gasteiger partial charge < -0.3 is 10.1 Å². The van der Waals surface area contributed by atoms with Crippen LogP contribution in [0.3, 0.4) is 0 Å². The molecule has 144 valence electrons. The number of amides is 1. The van der Waals surface area contributed by atoms with Gasteiger partial charge in [-0.1, -0.05) is 12.1 Å². The number of rotatable bonds is 6. The van der Waals surface area contributed by atoms with Gasteiger partial charge >= 0.3 is 5.97 Å². The molecule has 2 aromatic rings. The molecule has 0 aliphatic carbocycles. The standard InChI is InChI=1S/C20H26N4O3/c1-4-24-18-10-11-23(13-17(18)19(22-24)20(26)27-5-2)12-15-6-8-16(9-7-15)21-14(3)25/h6-9H,4-5,10-13H2,1-3H3,(H,21,25). The van der Waals surface area contributed by atoms with Gasteiger partial charge in [0.25, 0.3) is 0 Å². The zero-order valence-corrected chi connectivity index (χ0v) is 16.1. The van der Waals surface area contributed by atoms with Crippen LogP contribution in [0.25, 0.3) is 0 Å². The fourth-order valence-corrected chi connectivity index (χ4v) is 3.46. The molecule has 1 aliphatic heterocycles. The predicted molar refractivity (Wildman–Crippen MR) is 102 cm³/mol. The first-order valence-corrected chi connectivity index (χ1v) is 9.36. The number of aromatic nitrogens is 2. The Morgan fingerprint density at radius 3 is 2.59 bits per heavy atom. The summed E-state index contributed by atoms with van der Waals surface area (Å²) in [6.07, 6.45) is 0.861. The van der Waals surface area contributed by atoms with Crippen LogP contribution >= 0.6 is 0 Å². The van der Waals surface area contributed by atoms with Crippen LogP contribution in [0, 0.1) is 0 Å². The number of carbonyl (C=O) groups excluding carboxylic acids is 2. The molecule has 0 unspecified atom stereocenters. The molecule has 1 aliphatic rings. The normalized spacial score (nSPS) is 13.9. The van der Waals surface area contributed by atoms with Crippen LogP contribution in [-0.2, 0) is 35.6 Å². The highest BCUT2D eigenvalue weighted by atomic mass is 16.5. The molecular formula is C20H26N4O3. The lowest BCUT2D eigenvalue weighted by molar-refractivity contribution is -0.114. The summed E-state index contributed by atoms with van der Waals surface area (Å²) in [6, 6.07) is 7.85. The first kappa shape index (κ1) is 19.1. The topological polar surface area (TPSA) is 76.5 Å². The van der Waals surface area contributed by atoms with Gasteiger partial charge in [-0.15, -0.1) is 0 Å². The molecule has 7 nitrogen and oxygen atoms in total. The SMILES string of the molecule is CCOC(=O)c1nn(CC)c2c1CN(Cc1ccc(NC(C)=O)cc1)CC2. The van der Waals surface area contributed by atoms with Crippen molar-refractivity contribution in [2.24, 2.45) is 0 Å². The fraction of sp³-hybridized carbons (Fsp3) is 0.450. The van der Waals surface area contributed by atoms with Gasteiger partial charge in [-0.25, -0.2) is 4.79 Å². The van der Waals surface area contributed by atoms with E-state index in [2.05, 4.69) is 15.3 Å². The molecule has 27 heavy (non-hydrogen) atoms. The number of nitrogens with zero attached hydrogens (tertiary/aromatic N) is 3. The number of carbonyl (C=O) groups is 2. The molecule has 3 rings (SSSR count). The third-order valence-corrected chi connectivity index (χ3v) is 4.66. The van der Waals surface area contributed by atoms with Crippen molar-refractivity contribution in [1.82, 2.24) is 14.7 Å². The highest BCUT2D eigenvalue weighted by Crippen LogP contribution is 2.25. The fourth-order valence-electron chi connectivity index (χ4n) is 3.46. The van der Waals surface area contributed by atoms with Gasteiger partial charge in [-0.2, -0.15) is 5.10 Å². The molecule has 0 atom stereocenters. The van der Waals surface area contributed by atoms with Crippen molar-refractivity contribution in [3.05, 3.63) is 46.8 Å². The Bertz CT molecular complexity index is 826. The van der Waals surface area contributed by atoms with Crippen LogP contribution in [0.2, 0.25) is 0 Å². The lowest BCUT2D eigenvalue weighted by atomic mass is 10.0. The lowest BCUT2D eigenvalue weighted by Crippen LogP contribution is -2.31. The third-order valence-electron chi connectivity index (χ3n) is 4.66. The minimum absolute atomic E-state index is 0.0780. The number of aryl methyl sites for hydroxylation is 1. The van der Waals surface area contributed by atoms with Crippen molar-refractivity contribution in [3.63, 3.8) is 0 Å². The minimum Gasteiger partial charge on any atom is -0.461 e. The molecule has 0 saturated carbocycles. The average molecular weight is 370 g/mol. The molecule has 0 radical (unpaired) electrons. The maximum atomic E-state index is 12.3. The van der Waals surface area contributed by atoms with Crippen LogP contribution < -0.4 is 5.32 Å². The number of esters is 1. The summed E-state index contributed by atoms with van der Waals surface area (Å²) in [5.74, 6) is -0.423. The Balaban J connectivity index is 1.74. The van der Waals surface area contributed by atoms with Crippen LogP contribution in [0.15, 0.2) is 24.3 Å². The Labute approximate surface area is 159 Å². The van der Waals surface area contributed by atoms with Crippen molar-refractivity contribution < 1.29 is 14.3 Å². The molecule has 1 aromatic heterocycles. The van der Waals surface area contributed by atoms with Gasteiger partial charge in [0.05, 0.1) is 6.61 Å². The van der Waals surface area contributed by atoms with E-state index in [0.717, 1.165) is 48.6 Å². The predicted octanol–water partition coefficient (Wildman–Crippen LogP) is 2.60. The Morgan fingerprint density at radius 2 is 1.96 bits per heavy atom. The zero-order chi connectivity index (χ0) is 19.4. The van der Waals surface area contributed by atoms with Crippen LogP contribution in [-0.4, -0.2) is 39.7 Å². The molecule has 1 aromatic carbocycles. The molecule has 0 saturated heterocycles. The minimum atomic E-state index is -0.345. The number of hydrogen-bond donors (Lipinski definition) is 1. The molecule has 0 fully saturated rings. The molecule has 2 heterocycles. The first-order valence-electron chi connectivity index (χ1n) is 9.36. The van der Waals surface area contributed by atoms with E-state index in [9.17, 15) is 9.59 Å². The molecule has 1 amide bonds. The highest BCUT2D eigenvalue weighted by Gasteiger charge is 2.28. The van der Waals surface area contributed by atoms with Crippen molar-refractivity contribution in [2.75, 3.05) is 18.5 Å². The number of benzene rings is 1. The second-order valence-corrected chi connectivity index (χ2v) is 6.65. The number of ether oxygens (including phenoxy) is 1. The van der Waals surface area contributed by atoms with Crippen LogP contribution in [0.4, 0.5) is 5.69 Å². The summed E-state index contributed by atoms with van der Waals surface area (Å²) in [5, 5.41) is 7.26. The van der Waals surface area contributed by atoms with Gasteiger partial charge in [0.15, 0.2) is 5.69 Å². The Kier molecular flexibility index (Phi) is 5.91. The number of nitrogens with one attached hydrogen (secondary N) is 1. The first-order chi connectivity index (χ1) is 13.0. The van der Waals surface area contributed by atoms with Gasteiger partial charge in [0.2, 0.25) is 5.91 Å². The summed E-state index contributed by atoms with van der Waals surface area (Å²) >= 11 is 0. The largest absolute Gasteiger partial charge is 0.461 e. The van der Waals surface area contributed by atoms with Gasteiger partial charge in [-0.3, -0.25) is 14.4 Å². The van der Waals surface area contributed by atoms with Crippen molar-refractivity contribution in [2.45, 2.75) is 46.8 Å². The molecule has 7 heteroatoms. The van der Waals surface area contributed by atoms with Crippen LogP contribution in [0.5, 0.6) is 0 Å². The summed E-state index contributed by atoms with van der Waals surface area (Å²) in [7, 11) is 0. The summed E-state index contributed by atoms with van der Waals surface area (Å²) < 4.78 is 7.10. The average Bonchev–Trinajstić information content (AvgIpc) is 3.01. The van der Waals surface area contributed by atoms with E-state index in [1.54, 1.807) is 6.92 Å². The summed E-state index contributed by atoms with van der Waals surface area (Å²) in [6.45, 7) is 8.79. The summed E-state index contributed by atoms with van der Waals surface area (Å²) in [4.78, 5) is 25.7. The highest BCUT2D eigenvalue weighted by molar-refractivity contribution is 5.89. The van der Waals surface area contributed by atoms with Crippen molar-refractivity contribution in [1.29, 1.82) is 0 Å². The molecule has 0 bridgehead atoms. The van der Waals surface area contributed by atoms with E-state index < -0.39 is 0 Å². The third kappa shape index (κ3) is 4.36. The van der Waals surface area contributed by atoms with Crippen molar-refractivity contribution >= 4 is 17.6 Å². The van der Waals surface area contributed by atoms with E-state index in [4.69, 9.17) is 4.74 Å². The number of hydrogen-bond acceptors (Lipinski definition) is 5. The lowest BCUT2D eigenvalue weighted by Gasteiger charge is -2.27. The van der Waals surface area contributed by atoms with E-state index in [-0.39, 0.29) is 11.9 Å². The maximum Gasteiger partial charge on any atom is 0.359 e. The smallest absolute Gasteiger partial charge is 0.359 e. The Hall–Kier alpha value is -2.67. The summed E-state index contributed by atoms with van der Waals surface area (Å²) in [5.41, 5.74) is 4.52. The van der Waals surface area contributed by atoms with E-state index in [0.29, 0.717) is 18.8 Å². The Morgan fingerprint density at radius 1 is 1.22 bits per heavy atom. The quantitative estimate of drug-likeness (QED) is 0.791. The van der Waals surface area contributed by atoms with Gasteiger partial charge in [0, 0.05) is 56.5 Å². The zero-order valence-electron chi connectivity index (χ0n) is 16.1. The monoisotopic (exact) mass is 370 g/mol. The van der Waals surface area contributed by atoms with Crippen molar-refractivity contribution in [3.8, 4) is 0 Å². The van der Waals surface area contributed by atoms with E-state index >= 15 is 0 Å². The molecular weight excluding hydrogens is 344 g/mol. The van der Waals surface area contributed by atoms with E-state index in [1.165, 1.54) is 6.92 Å².